The van der Waals surface area contributed by atoms with Gasteiger partial charge >= 0.3 is 11.9 Å². The van der Waals surface area contributed by atoms with Gasteiger partial charge in [-0.25, -0.2) is 14.6 Å². The van der Waals surface area contributed by atoms with Crippen LogP contribution in [0, 0.1) is 0 Å². The molecular weight excluding hydrogens is 436 g/mol. The summed E-state index contributed by atoms with van der Waals surface area (Å²) < 4.78 is 10.7. The molecule has 166 valence electrons. The Morgan fingerprint density at radius 2 is 1.81 bits per heavy atom. The lowest BCUT2D eigenvalue weighted by molar-refractivity contribution is -0.144. The van der Waals surface area contributed by atoms with Gasteiger partial charge in [0.2, 0.25) is 0 Å². The Labute approximate surface area is 188 Å². The lowest BCUT2D eigenvalue weighted by atomic mass is 10.2. The van der Waals surface area contributed by atoms with E-state index in [4.69, 9.17) is 19.7 Å². The maximum atomic E-state index is 12.7. The van der Waals surface area contributed by atoms with Crippen LogP contribution in [-0.4, -0.2) is 58.4 Å². The zero-order valence-electron chi connectivity index (χ0n) is 17.4. The number of carboxylic acid groups (broad SMARTS) is 2. The summed E-state index contributed by atoms with van der Waals surface area (Å²) >= 11 is 1.18. The maximum Gasteiger partial charge on any atom is 0.344 e. The molecule has 1 heterocycles. The highest BCUT2D eigenvalue weighted by atomic mass is 32.2. The number of amides is 1. The monoisotopic (exact) mass is 456 g/mol. The van der Waals surface area contributed by atoms with Gasteiger partial charge in [-0.2, -0.15) is 0 Å². The largest absolute Gasteiger partial charge is 0.493 e. The number of carbonyl (C=O) groups is 3. The number of rotatable bonds is 7. The molecule has 0 bridgehead atoms. The van der Waals surface area contributed by atoms with E-state index in [1.54, 1.807) is 43.5 Å². The lowest BCUT2D eigenvalue weighted by Gasteiger charge is -2.14. The third kappa shape index (κ3) is 5.09. The fraction of sp³-hybridized carbons (Fsp3) is 0.182. The van der Waals surface area contributed by atoms with Crippen LogP contribution in [0.25, 0.3) is 6.08 Å². The van der Waals surface area contributed by atoms with Crippen LogP contribution in [0.4, 0.5) is 5.69 Å². The summed E-state index contributed by atoms with van der Waals surface area (Å²) in [5, 5.41) is 18.5. The SMILES string of the molecule is COc1cc(/C=C2/SC(=Nc3ccc(C(=O)O)cc3)N(C)C2=O)ccc1O[C@@H](C)C(=O)O. The summed E-state index contributed by atoms with van der Waals surface area (Å²) in [4.78, 5) is 40.9. The van der Waals surface area contributed by atoms with Crippen molar-refractivity contribution in [3.05, 3.63) is 58.5 Å². The molecule has 9 nitrogen and oxygen atoms in total. The van der Waals surface area contributed by atoms with Gasteiger partial charge in [0.05, 0.1) is 23.3 Å². The van der Waals surface area contributed by atoms with E-state index < -0.39 is 18.0 Å². The highest BCUT2D eigenvalue weighted by molar-refractivity contribution is 8.18. The Morgan fingerprint density at radius 1 is 1.12 bits per heavy atom. The van der Waals surface area contributed by atoms with E-state index in [9.17, 15) is 14.4 Å². The number of carboxylic acids is 2. The first kappa shape index (κ1) is 22.9. The second-order valence-electron chi connectivity index (χ2n) is 6.73. The van der Waals surface area contributed by atoms with Crippen molar-refractivity contribution < 1.29 is 34.1 Å². The summed E-state index contributed by atoms with van der Waals surface area (Å²) in [6, 6.07) is 10.9. The van der Waals surface area contributed by atoms with Gasteiger partial charge in [0.25, 0.3) is 5.91 Å². The molecule has 2 N–H and O–H groups in total. The second kappa shape index (κ2) is 9.56. The molecule has 1 amide bonds. The molecule has 0 saturated carbocycles. The standard InChI is InChI=1S/C22H20N2O7S/c1-12(20(26)27)31-16-9-4-13(10-17(16)30-3)11-18-19(25)24(2)22(32-18)23-15-7-5-14(6-8-15)21(28)29/h4-12H,1-3H3,(H,26,27)(H,28,29)/b18-11+,23-22?/t12-/m0/s1. The quantitative estimate of drug-likeness (QED) is 0.607. The molecule has 0 aromatic heterocycles. The summed E-state index contributed by atoms with van der Waals surface area (Å²) in [6.07, 6.45) is 0.629. The van der Waals surface area contributed by atoms with E-state index >= 15 is 0 Å². The van der Waals surface area contributed by atoms with Crippen molar-refractivity contribution >= 4 is 46.5 Å². The van der Waals surface area contributed by atoms with E-state index in [1.807, 2.05) is 0 Å². The number of aliphatic carboxylic acids is 1. The van der Waals surface area contributed by atoms with E-state index in [0.717, 1.165) is 0 Å². The number of carbonyl (C=O) groups excluding carboxylic acids is 1. The van der Waals surface area contributed by atoms with Gasteiger partial charge in [-0.05, 0) is 66.7 Å². The first-order valence-corrected chi connectivity index (χ1v) is 10.2. The van der Waals surface area contributed by atoms with Gasteiger partial charge < -0.3 is 19.7 Å². The van der Waals surface area contributed by atoms with Crippen LogP contribution in [0.3, 0.4) is 0 Å². The number of ether oxygens (including phenoxy) is 2. The van der Waals surface area contributed by atoms with Crippen molar-refractivity contribution in [2.75, 3.05) is 14.2 Å². The van der Waals surface area contributed by atoms with Crippen molar-refractivity contribution in [2.45, 2.75) is 13.0 Å². The first-order chi connectivity index (χ1) is 15.2. The van der Waals surface area contributed by atoms with Crippen LogP contribution in [-0.2, 0) is 9.59 Å². The molecule has 1 aliphatic rings. The molecule has 0 radical (unpaired) electrons. The molecule has 0 unspecified atom stereocenters. The highest BCUT2D eigenvalue weighted by Gasteiger charge is 2.30. The number of hydrogen-bond acceptors (Lipinski definition) is 7. The summed E-state index contributed by atoms with van der Waals surface area (Å²) in [6.45, 7) is 1.41. The Morgan fingerprint density at radius 3 is 2.41 bits per heavy atom. The Hall–Kier alpha value is -3.79. The van der Waals surface area contributed by atoms with Gasteiger partial charge in [0.15, 0.2) is 22.8 Å². The minimum Gasteiger partial charge on any atom is -0.493 e. The van der Waals surface area contributed by atoms with Gasteiger partial charge in [0.1, 0.15) is 0 Å². The van der Waals surface area contributed by atoms with Crippen LogP contribution >= 0.6 is 11.8 Å². The predicted molar refractivity (Wildman–Crippen MR) is 120 cm³/mol. The van der Waals surface area contributed by atoms with Crippen LogP contribution in [0.15, 0.2) is 52.4 Å². The molecule has 1 fully saturated rings. The van der Waals surface area contributed by atoms with Crippen LogP contribution < -0.4 is 9.47 Å². The molecule has 10 heteroatoms. The average molecular weight is 456 g/mol. The fourth-order valence-corrected chi connectivity index (χ4v) is 3.69. The van der Waals surface area contributed by atoms with Gasteiger partial charge in [0, 0.05) is 7.05 Å². The fourth-order valence-electron chi connectivity index (χ4n) is 2.70. The third-order valence-corrected chi connectivity index (χ3v) is 5.54. The van der Waals surface area contributed by atoms with Crippen molar-refractivity contribution in [1.82, 2.24) is 4.90 Å². The topological polar surface area (TPSA) is 126 Å². The van der Waals surface area contributed by atoms with Crippen molar-refractivity contribution in [3.8, 4) is 11.5 Å². The van der Waals surface area contributed by atoms with E-state index in [0.29, 0.717) is 27.1 Å². The minimum absolute atomic E-state index is 0.150. The second-order valence-corrected chi connectivity index (χ2v) is 7.74. The van der Waals surface area contributed by atoms with E-state index in [2.05, 4.69) is 4.99 Å². The molecule has 2 aromatic rings. The molecule has 1 saturated heterocycles. The smallest absolute Gasteiger partial charge is 0.344 e. The van der Waals surface area contributed by atoms with E-state index in [-0.39, 0.29) is 17.2 Å². The van der Waals surface area contributed by atoms with Crippen molar-refractivity contribution in [3.63, 3.8) is 0 Å². The predicted octanol–water partition coefficient (Wildman–Crippen LogP) is 3.48. The van der Waals surface area contributed by atoms with Gasteiger partial charge in [-0.3, -0.25) is 9.69 Å². The van der Waals surface area contributed by atoms with Crippen molar-refractivity contribution in [2.24, 2.45) is 4.99 Å². The third-order valence-electron chi connectivity index (χ3n) is 4.48. The van der Waals surface area contributed by atoms with E-state index in [1.165, 1.54) is 42.8 Å². The molecule has 0 spiro atoms. The van der Waals surface area contributed by atoms with Crippen LogP contribution in [0.2, 0.25) is 0 Å². The molecule has 1 atom stereocenters. The first-order valence-electron chi connectivity index (χ1n) is 9.36. The highest BCUT2D eigenvalue weighted by Crippen LogP contribution is 2.35. The number of aliphatic imine (C=N–C) groups is 1. The van der Waals surface area contributed by atoms with Gasteiger partial charge in [-0.1, -0.05) is 6.07 Å². The molecule has 0 aliphatic carbocycles. The molecule has 2 aromatic carbocycles. The van der Waals surface area contributed by atoms with Crippen LogP contribution in [0.5, 0.6) is 11.5 Å². The number of benzene rings is 2. The number of thioether (sulfide) groups is 1. The minimum atomic E-state index is -1.10. The number of nitrogens with zero attached hydrogens (tertiary/aromatic N) is 2. The van der Waals surface area contributed by atoms with Crippen molar-refractivity contribution in [1.29, 1.82) is 0 Å². The summed E-state index contributed by atoms with van der Waals surface area (Å²) in [5.74, 6) is -1.75. The zero-order valence-corrected chi connectivity index (χ0v) is 18.3. The zero-order chi connectivity index (χ0) is 23.4. The molecule has 3 rings (SSSR count). The lowest BCUT2D eigenvalue weighted by Crippen LogP contribution is -2.23. The normalized spacial score (nSPS) is 17.0. The average Bonchev–Trinajstić information content (AvgIpc) is 3.02. The van der Waals surface area contributed by atoms with Crippen LogP contribution in [0.1, 0.15) is 22.8 Å². The number of methoxy groups -OCH3 is 1. The summed E-state index contributed by atoms with van der Waals surface area (Å²) in [5.41, 5.74) is 1.33. The summed E-state index contributed by atoms with van der Waals surface area (Å²) in [7, 11) is 3.04. The Kier molecular flexibility index (Phi) is 6.84. The number of hydrogen-bond donors (Lipinski definition) is 2. The molecular formula is C22H20N2O7S. The van der Waals surface area contributed by atoms with Gasteiger partial charge in [-0.15, -0.1) is 0 Å². The Balaban J connectivity index is 1.83. The molecule has 1 aliphatic heterocycles. The number of aromatic carboxylic acids is 1. The number of amidine groups is 1. The number of likely N-dealkylation sites (N-methyl/N-ethyl adjacent to an activating group) is 1. The maximum absolute atomic E-state index is 12.7. The molecule has 32 heavy (non-hydrogen) atoms. The Bertz CT molecular complexity index is 1130.